The molecule has 366 valence electrons. The zero-order valence-electron chi connectivity index (χ0n) is 39.4. The van der Waals surface area contributed by atoms with E-state index in [-0.39, 0.29) is 42.2 Å². The molecule has 3 aliphatic heterocycles. The molecule has 0 aliphatic carbocycles. The van der Waals surface area contributed by atoms with Gasteiger partial charge in [-0.1, -0.05) is 54.6 Å². The monoisotopic (exact) mass is 939 g/mol. The van der Waals surface area contributed by atoms with Gasteiger partial charge >= 0.3 is 5.69 Å². The number of hydrogen-bond donors (Lipinski definition) is 4. The number of nitrogens with two attached hydrogens (primary N) is 2. The number of benzene rings is 3. The minimum atomic E-state index is -0.833. The predicted molar refractivity (Wildman–Crippen MR) is 254 cm³/mol. The molecule has 5 atom stereocenters. The lowest BCUT2D eigenvalue weighted by Crippen LogP contribution is -2.55. The first-order valence-corrected chi connectivity index (χ1v) is 23.4. The van der Waals surface area contributed by atoms with Crippen molar-refractivity contribution < 1.29 is 48.1 Å². The van der Waals surface area contributed by atoms with Crippen LogP contribution in [0.4, 0.5) is 5.69 Å². The van der Waals surface area contributed by atoms with Gasteiger partial charge in [-0.25, -0.2) is 4.79 Å². The number of nitrogens with zero attached hydrogens (tertiary/aromatic N) is 4. The number of fused-ring (bicyclic) bond motifs is 1. The lowest BCUT2D eigenvalue weighted by molar-refractivity contribution is -0.149. The number of imidazole rings is 1. The number of aliphatic carboxylic acids is 1. The third-order valence-corrected chi connectivity index (χ3v) is 12.9. The summed E-state index contributed by atoms with van der Waals surface area (Å²) in [5.41, 5.74) is 18.8. The summed E-state index contributed by atoms with van der Waals surface area (Å²) in [6.45, 7) is 5.33. The van der Waals surface area contributed by atoms with Crippen LogP contribution in [0.3, 0.4) is 0 Å². The van der Waals surface area contributed by atoms with Gasteiger partial charge in [-0.3, -0.25) is 47.7 Å². The minimum Gasteiger partial charge on any atom is -0.481 e. The second-order valence-electron chi connectivity index (χ2n) is 17.7. The van der Waals surface area contributed by atoms with Gasteiger partial charge in [0.2, 0.25) is 23.6 Å². The Bertz CT molecular complexity index is 2510. The highest BCUT2D eigenvalue weighted by Gasteiger charge is 2.43. The van der Waals surface area contributed by atoms with Crippen molar-refractivity contribution >= 4 is 52.2 Å². The van der Waals surface area contributed by atoms with Gasteiger partial charge in [0.1, 0.15) is 12.1 Å². The highest BCUT2D eigenvalue weighted by atomic mass is 16.5. The number of anilines is 1. The number of likely N-dealkylation sites (N-methyl/N-ethyl adjacent to an activating group) is 1. The third-order valence-electron chi connectivity index (χ3n) is 12.9. The Labute approximate surface area is 395 Å². The molecule has 3 aromatic carbocycles. The van der Waals surface area contributed by atoms with Gasteiger partial charge < -0.3 is 36.1 Å². The van der Waals surface area contributed by atoms with E-state index in [0.29, 0.717) is 77.1 Å². The quantitative estimate of drug-likeness (QED) is 0.0695. The SMILES string of the molecule is CC(=O)O.C[C@@H](OCc1ccc(CCCOCCOCCCc2cccc3c2n(C)c(=O)n3C2CCC(=O)N(C)C2=O)cc1)[C@H](CCC(N)=O)NC(=O)[C@@H]1Cc2cccc3c2N1C(=O)[C@@H](N)CC3. The summed E-state index contributed by atoms with van der Waals surface area (Å²) in [7, 11) is 3.18. The maximum absolute atomic E-state index is 13.8. The number of aromatic nitrogens is 2. The fraction of sp³-hybridized carbons (Fsp3) is 0.500. The summed E-state index contributed by atoms with van der Waals surface area (Å²) in [5, 5.41) is 10.5. The van der Waals surface area contributed by atoms with Crippen molar-refractivity contribution in [3.05, 3.63) is 99.0 Å². The molecule has 0 spiro atoms. The van der Waals surface area contributed by atoms with E-state index in [4.69, 9.17) is 35.6 Å². The number of hydrogen-bond acceptors (Lipinski definition) is 11. The number of carboxylic acid groups (broad SMARTS) is 1. The molecule has 7 rings (SSSR count). The van der Waals surface area contributed by atoms with Crippen molar-refractivity contribution in [2.45, 2.75) is 121 Å². The first-order chi connectivity index (χ1) is 32.6. The fourth-order valence-electron chi connectivity index (χ4n) is 9.23. The Morgan fingerprint density at radius 3 is 2.18 bits per heavy atom. The van der Waals surface area contributed by atoms with Crippen LogP contribution in [0.25, 0.3) is 11.0 Å². The van der Waals surface area contributed by atoms with E-state index in [1.807, 2.05) is 55.5 Å². The van der Waals surface area contributed by atoms with Gasteiger partial charge in [-0.15, -0.1) is 0 Å². The smallest absolute Gasteiger partial charge is 0.329 e. The maximum Gasteiger partial charge on any atom is 0.329 e. The summed E-state index contributed by atoms with van der Waals surface area (Å²) < 4.78 is 21.0. The lowest BCUT2D eigenvalue weighted by atomic mass is 10.0. The van der Waals surface area contributed by atoms with Crippen LogP contribution in [-0.4, -0.2) is 112 Å². The molecule has 4 heterocycles. The van der Waals surface area contributed by atoms with E-state index < -0.39 is 42.1 Å². The van der Waals surface area contributed by atoms with Crippen LogP contribution in [0.1, 0.15) is 92.7 Å². The van der Waals surface area contributed by atoms with E-state index in [1.165, 1.54) is 17.2 Å². The number of carbonyl (C=O) groups is 6. The number of carboxylic acids is 1. The molecular weight excluding hydrogens is 875 g/mol. The molecule has 18 heteroatoms. The van der Waals surface area contributed by atoms with Crippen molar-refractivity contribution in [1.29, 1.82) is 0 Å². The molecule has 3 aliphatic rings. The number of carbonyl (C=O) groups excluding carboxylic acids is 5. The first kappa shape index (κ1) is 51.2. The van der Waals surface area contributed by atoms with Crippen molar-refractivity contribution in [2.24, 2.45) is 18.5 Å². The molecule has 6 N–H and O–H groups in total. The van der Waals surface area contributed by atoms with Gasteiger partial charge in [0.25, 0.3) is 11.9 Å². The summed E-state index contributed by atoms with van der Waals surface area (Å²) in [6.07, 6.45) is 5.15. The van der Waals surface area contributed by atoms with Crippen molar-refractivity contribution in [1.82, 2.24) is 19.4 Å². The Balaban J connectivity index is 0.00000183. The van der Waals surface area contributed by atoms with E-state index in [1.54, 1.807) is 16.5 Å². The molecule has 68 heavy (non-hydrogen) atoms. The van der Waals surface area contributed by atoms with Crippen molar-refractivity contribution in [3.8, 4) is 0 Å². The molecule has 4 aromatic rings. The average molecular weight is 940 g/mol. The highest BCUT2D eigenvalue weighted by Crippen LogP contribution is 2.39. The van der Waals surface area contributed by atoms with E-state index >= 15 is 0 Å². The molecular formula is C50H65N7O11. The van der Waals surface area contributed by atoms with Crippen molar-refractivity contribution in [3.63, 3.8) is 0 Å². The number of nitrogens with one attached hydrogen (secondary N) is 1. The van der Waals surface area contributed by atoms with Crippen LogP contribution in [0.5, 0.6) is 0 Å². The van der Waals surface area contributed by atoms with Gasteiger partial charge in [-0.05, 0) is 92.2 Å². The summed E-state index contributed by atoms with van der Waals surface area (Å²) in [4.78, 5) is 88.9. The topological polar surface area (TPSA) is 248 Å². The second kappa shape index (κ2) is 23.7. The van der Waals surface area contributed by atoms with E-state index in [0.717, 1.165) is 64.5 Å². The summed E-state index contributed by atoms with van der Waals surface area (Å²) in [6, 6.07) is 17.2. The normalized spacial score (nSPS) is 18.7. The standard InChI is InChI=1S/C48H61N7O9.C2H4O2/c1-30(37(20-22-41(50)56)51-45(58)40-28-35-11-4-9-34-18-19-36(49)46(59)55(40)43(34)35)64-29-32-16-14-31(15-17-32)8-6-24-62-26-27-63-25-7-12-33-10-5-13-38-44(33)53(3)48(61)54(38)39-21-23-42(57)52(2)47(39)60;1-2(3)4/h4-5,9-11,13-17,30,36-37,39-40H,6-8,12,18-29,49H2,1-3H3,(H2,50,56)(H,51,58);1H3,(H,3,4)/t30-,36+,37+,39?,40+;/m1./s1. The number of aryl methyl sites for hydroxylation is 4. The van der Waals surface area contributed by atoms with Crippen LogP contribution in [0, 0.1) is 0 Å². The Kier molecular flexibility index (Phi) is 17.8. The molecule has 0 radical (unpaired) electrons. The number of likely N-dealkylation sites (tertiary alicyclic amines) is 1. The molecule has 1 fully saturated rings. The van der Waals surface area contributed by atoms with E-state index in [9.17, 15) is 28.8 Å². The van der Waals surface area contributed by atoms with Gasteiger partial charge in [-0.2, -0.15) is 0 Å². The zero-order chi connectivity index (χ0) is 49.1. The zero-order valence-corrected chi connectivity index (χ0v) is 39.4. The molecule has 1 saturated heterocycles. The van der Waals surface area contributed by atoms with Crippen molar-refractivity contribution in [2.75, 3.05) is 38.4 Å². The number of amides is 5. The fourth-order valence-corrected chi connectivity index (χ4v) is 9.23. The number of para-hydroxylation sites is 2. The number of primary amides is 1. The van der Waals surface area contributed by atoms with E-state index in [2.05, 4.69) is 17.4 Å². The first-order valence-electron chi connectivity index (χ1n) is 23.4. The lowest BCUT2D eigenvalue weighted by Gasteiger charge is -2.30. The molecule has 18 nitrogen and oxygen atoms in total. The number of imide groups is 1. The second-order valence-corrected chi connectivity index (χ2v) is 17.7. The molecule has 5 amide bonds. The summed E-state index contributed by atoms with van der Waals surface area (Å²) >= 11 is 0. The Hall–Kier alpha value is -6.21. The minimum absolute atomic E-state index is 0.0726. The maximum atomic E-state index is 13.8. The average Bonchev–Trinajstić information content (AvgIpc) is 3.79. The number of rotatable bonds is 21. The van der Waals surface area contributed by atoms with Crippen LogP contribution in [0.15, 0.2) is 65.5 Å². The van der Waals surface area contributed by atoms with Crippen LogP contribution in [0.2, 0.25) is 0 Å². The number of ether oxygens (including phenoxy) is 3. The number of piperidine rings is 1. The molecule has 1 aromatic heterocycles. The third kappa shape index (κ3) is 12.5. The van der Waals surface area contributed by atoms with Crippen LogP contribution < -0.4 is 27.4 Å². The van der Waals surface area contributed by atoms with Gasteiger partial charge in [0, 0.05) is 53.5 Å². The Morgan fingerprint density at radius 1 is 0.838 bits per heavy atom. The van der Waals surface area contributed by atoms with Crippen LogP contribution >= 0.6 is 0 Å². The summed E-state index contributed by atoms with van der Waals surface area (Å²) in [5.74, 6) is -2.47. The largest absolute Gasteiger partial charge is 0.481 e. The molecule has 0 saturated carbocycles. The van der Waals surface area contributed by atoms with Gasteiger partial charge in [0.05, 0.1) is 54.7 Å². The Morgan fingerprint density at radius 2 is 1.49 bits per heavy atom. The molecule has 0 bridgehead atoms. The molecule has 1 unspecified atom stereocenters. The van der Waals surface area contributed by atoms with Crippen LogP contribution in [-0.2, 0) is 82.3 Å². The highest BCUT2D eigenvalue weighted by molar-refractivity contribution is 6.07. The van der Waals surface area contributed by atoms with Gasteiger partial charge in [0.15, 0.2) is 0 Å². The predicted octanol–water partition coefficient (Wildman–Crippen LogP) is 3.24.